The van der Waals surface area contributed by atoms with Gasteiger partial charge in [-0.1, -0.05) is 0 Å². The zero-order chi connectivity index (χ0) is 8.85. The van der Waals surface area contributed by atoms with Gasteiger partial charge >= 0.3 is 79.5 Å². The van der Waals surface area contributed by atoms with Gasteiger partial charge in [-0.25, -0.2) is 0 Å². The Hall–Kier alpha value is 1.28. The molecule has 0 saturated heterocycles. The van der Waals surface area contributed by atoms with Crippen molar-refractivity contribution in [2.75, 3.05) is 0 Å². The second-order valence-electron chi connectivity index (χ2n) is 4.30. The summed E-state index contributed by atoms with van der Waals surface area (Å²) in [6.07, 6.45) is 0. The maximum atomic E-state index is 2.40. The van der Waals surface area contributed by atoms with Gasteiger partial charge in [-0.05, 0) is 0 Å². The molecular weight excluding hydrogens is 319 g/mol. The van der Waals surface area contributed by atoms with Gasteiger partial charge in [0.05, 0.1) is 0 Å². The molecule has 0 aliphatic heterocycles. The Balaban J connectivity index is 0. The van der Waals surface area contributed by atoms with Crippen molar-refractivity contribution < 1.29 is 0 Å². The molecule has 0 bridgehead atoms. The molecule has 2 heteroatoms. The number of rotatable bonds is 5. The van der Waals surface area contributed by atoms with Gasteiger partial charge in [0.1, 0.15) is 0 Å². The minimum absolute atomic E-state index is 0. The summed E-state index contributed by atoms with van der Waals surface area (Å²) in [5, 5.41) is 0. The summed E-state index contributed by atoms with van der Waals surface area (Å²) >= 11 is -0.868. The van der Waals surface area contributed by atoms with Gasteiger partial charge < -0.3 is 0 Å². The molecule has 0 aliphatic rings. The maximum absolute atomic E-state index is 2.40. The molecule has 0 nitrogen and oxygen atoms in total. The summed E-state index contributed by atoms with van der Waals surface area (Å²) in [7, 11) is 0. The van der Waals surface area contributed by atoms with E-state index in [4.69, 9.17) is 0 Å². The van der Waals surface area contributed by atoms with E-state index in [1.165, 1.54) is 0 Å². The molecule has 1 radical (unpaired) electrons. The minimum atomic E-state index is -0.868. The van der Waals surface area contributed by atoms with Gasteiger partial charge in [-0.15, -0.1) is 17.0 Å². The SMILES string of the molecule is Br.C[CH2][Sn]([CH2]C(C)C)[CH2]C(C)C. The zero-order valence-electron chi connectivity index (χ0n) is 9.18. The van der Waals surface area contributed by atoms with Crippen LogP contribution in [0.5, 0.6) is 0 Å². The Morgan fingerprint density at radius 2 is 1.25 bits per heavy atom. The fraction of sp³-hybridized carbons (Fsp3) is 1.00. The topological polar surface area (TPSA) is 0 Å². The average molecular weight is 343 g/mol. The first-order chi connectivity index (χ1) is 5.06. The van der Waals surface area contributed by atoms with Crippen molar-refractivity contribution in [3.05, 3.63) is 0 Å². The fourth-order valence-corrected chi connectivity index (χ4v) is 10.2. The molecule has 12 heavy (non-hydrogen) atoms. The Morgan fingerprint density at radius 3 is 1.42 bits per heavy atom. The van der Waals surface area contributed by atoms with E-state index in [-0.39, 0.29) is 17.0 Å². The van der Waals surface area contributed by atoms with Gasteiger partial charge in [0.15, 0.2) is 0 Å². The van der Waals surface area contributed by atoms with Crippen molar-refractivity contribution in [3.63, 3.8) is 0 Å². The van der Waals surface area contributed by atoms with E-state index < -0.39 is 19.8 Å². The van der Waals surface area contributed by atoms with E-state index >= 15 is 0 Å². The molecule has 0 aromatic carbocycles. The van der Waals surface area contributed by atoms with Gasteiger partial charge in [-0.2, -0.15) is 0 Å². The van der Waals surface area contributed by atoms with Crippen LogP contribution in [0.4, 0.5) is 0 Å². The van der Waals surface area contributed by atoms with Crippen LogP contribution in [0.15, 0.2) is 0 Å². The molecule has 0 unspecified atom stereocenters. The first kappa shape index (κ1) is 15.7. The molecule has 0 atom stereocenters. The van der Waals surface area contributed by atoms with Gasteiger partial charge in [0, 0.05) is 0 Å². The van der Waals surface area contributed by atoms with Crippen LogP contribution in [0.3, 0.4) is 0 Å². The number of hydrogen-bond acceptors (Lipinski definition) is 0. The van der Waals surface area contributed by atoms with Crippen LogP contribution in [-0.4, -0.2) is 19.8 Å². The summed E-state index contributed by atoms with van der Waals surface area (Å²) in [5.74, 6) is 1.92. The summed E-state index contributed by atoms with van der Waals surface area (Å²) in [6.45, 7) is 11.9. The molecule has 0 spiro atoms. The van der Waals surface area contributed by atoms with E-state index in [9.17, 15) is 0 Å². The number of halogens is 1. The van der Waals surface area contributed by atoms with Crippen molar-refractivity contribution >= 4 is 36.7 Å². The van der Waals surface area contributed by atoms with Crippen molar-refractivity contribution in [2.24, 2.45) is 11.8 Å². The molecule has 0 rings (SSSR count). The van der Waals surface area contributed by atoms with Crippen LogP contribution >= 0.6 is 17.0 Å². The Kier molecular flexibility index (Phi) is 11.6. The molecule has 75 valence electrons. The Bertz CT molecular complexity index is 81.8. The van der Waals surface area contributed by atoms with Gasteiger partial charge in [-0.3, -0.25) is 0 Å². The average Bonchev–Trinajstić information content (AvgIpc) is 1.84. The molecule has 0 saturated carbocycles. The standard InChI is InChI=1S/2C4H9.C2H5.BrH.Sn/c2*1-4(2)3;1-2;;/h2*4H,1H2,2-3H3;1H2,2H3;1H;. The predicted molar refractivity (Wildman–Crippen MR) is 65.8 cm³/mol. The zero-order valence-corrected chi connectivity index (χ0v) is 13.8. The quantitative estimate of drug-likeness (QED) is 0.650. The second-order valence-corrected chi connectivity index (χ2v) is 12.9. The molecule has 0 aromatic heterocycles. The normalized spacial score (nSPS) is 11.0. The molecular formula is C10H24BrSn. The second kappa shape index (κ2) is 8.86. The molecule has 0 heterocycles. The van der Waals surface area contributed by atoms with Crippen LogP contribution in [-0.2, 0) is 0 Å². The van der Waals surface area contributed by atoms with Crippen molar-refractivity contribution in [3.8, 4) is 0 Å². The van der Waals surface area contributed by atoms with E-state index in [0.717, 1.165) is 11.8 Å². The summed E-state index contributed by atoms with van der Waals surface area (Å²) in [4.78, 5) is 0. The predicted octanol–water partition coefficient (Wildman–Crippen LogP) is 4.39. The van der Waals surface area contributed by atoms with Gasteiger partial charge in [0.25, 0.3) is 0 Å². The third-order valence-corrected chi connectivity index (χ3v) is 12.7. The van der Waals surface area contributed by atoms with Crippen LogP contribution in [0.1, 0.15) is 34.6 Å². The van der Waals surface area contributed by atoms with Gasteiger partial charge in [0.2, 0.25) is 0 Å². The third kappa shape index (κ3) is 9.37. The first-order valence-electron chi connectivity index (χ1n) is 4.89. The van der Waals surface area contributed by atoms with Crippen LogP contribution in [0.2, 0.25) is 13.3 Å². The Labute approximate surface area is 96.0 Å². The molecule has 0 N–H and O–H groups in total. The van der Waals surface area contributed by atoms with Crippen LogP contribution in [0, 0.1) is 11.8 Å². The summed E-state index contributed by atoms with van der Waals surface area (Å²) < 4.78 is 4.77. The van der Waals surface area contributed by atoms with Crippen molar-refractivity contribution in [1.29, 1.82) is 0 Å². The number of hydrogen-bond donors (Lipinski definition) is 0. The van der Waals surface area contributed by atoms with E-state index in [1.807, 2.05) is 0 Å². The van der Waals surface area contributed by atoms with E-state index in [2.05, 4.69) is 34.6 Å². The van der Waals surface area contributed by atoms with E-state index in [0.29, 0.717) is 0 Å². The summed E-state index contributed by atoms with van der Waals surface area (Å²) in [5.41, 5.74) is 0. The third-order valence-electron chi connectivity index (χ3n) is 1.89. The first-order valence-corrected chi connectivity index (χ1v) is 10.9. The molecule has 0 aromatic rings. The Morgan fingerprint density at radius 1 is 0.917 bits per heavy atom. The van der Waals surface area contributed by atoms with Crippen molar-refractivity contribution in [2.45, 2.75) is 47.9 Å². The van der Waals surface area contributed by atoms with E-state index in [1.54, 1.807) is 13.3 Å². The molecule has 0 aliphatic carbocycles. The fourth-order valence-electron chi connectivity index (χ4n) is 1.53. The molecule has 0 amide bonds. The van der Waals surface area contributed by atoms with Crippen LogP contribution in [0.25, 0.3) is 0 Å². The van der Waals surface area contributed by atoms with Crippen molar-refractivity contribution in [1.82, 2.24) is 0 Å². The summed E-state index contributed by atoms with van der Waals surface area (Å²) in [6, 6.07) is 0. The molecule has 0 fully saturated rings. The monoisotopic (exact) mass is 343 g/mol. The van der Waals surface area contributed by atoms with Crippen LogP contribution < -0.4 is 0 Å².